The van der Waals surface area contributed by atoms with Crippen LogP contribution in [0.5, 0.6) is 0 Å². The van der Waals surface area contributed by atoms with Gasteiger partial charge in [-0.2, -0.15) is 0 Å². The Bertz CT molecular complexity index is 609. The Balaban J connectivity index is 2.67. The smallest absolute Gasteiger partial charge is 0.337 e. The standard InChI is InChI=1S/C13H11Br2NO4/c1-5-6(2)12(18)16(11(5)17)10-8(13(19)20)3-7(14)4-9(10)15/h3-6H,1-2H3,(H,19,20). The molecule has 1 fully saturated rings. The first-order chi connectivity index (χ1) is 9.25. The lowest BCUT2D eigenvalue weighted by Gasteiger charge is -2.19. The highest BCUT2D eigenvalue weighted by Gasteiger charge is 2.45. The monoisotopic (exact) mass is 403 g/mol. The van der Waals surface area contributed by atoms with E-state index in [4.69, 9.17) is 0 Å². The minimum atomic E-state index is -1.20. The summed E-state index contributed by atoms with van der Waals surface area (Å²) in [6.07, 6.45) is 0. The first kappa shape index (κ1) is 15.2. The van der Waals surface area contributed by atoms with Gasteiger partial charge in [0.15, 0.2) is 0 Å². The summed E-state index contributed by atoms with van der Waals surface area (Å²) in [5.74, 6) is -2.88. The van der Waals surface area contributed by atoms with E-state index >= 15 is 0 Å². The molecule has 1 aliphatic heterocycles. The number of amides is 2. The van der Waals surface area contributed by atoms with Gasteiger partial charge in [-0.25, -0.2) is 9.69 Å². The van der Waals surface area contributed by atoms with Crippen molar-refractivity contribution in [2.45, 2.75) is 13.8 Å². The third-order valence-corrected chi connectivity index (χ3v) is 4.51. The maximum atomic E-state index is 12.2. The topological polar surface area (TPSA) is 74.7 Å². The SMILES string of the molecule is CC1C(=O)N(c2c(Br)cc(Br)cc2C(=O)O)C(=O)C1C. The van der Waals surface area contributed by atoms with Crippen molar-refractivity contribution in [2.24, 2.45) is 11.8 Å². The molecule has 2 unspecified atom stereocenters. The summed E-state index contributed by atoms with van der Waals surface area (Å²) in [5.41, 5.74) is -0.0128. The molecule has 2 amide bonds. The van der Waals surface area contributed by atoms with Gasteiger partial charge in [0.05, 0.1) is 11.3 Å². The van der Waals surface area contributed by atoms with E-state index in [1.54, 1.807) is 19.9 Å². The van der Waals surface area contributed by atoms with Crippen molar-refractivity contribution >= 4 is 55.3 Å². The molecule has 5 nitrogen and oxygen atoms in total. The third-order valence-electron chi connectivity index (χ3n) is 3.45. The molecule has 1 aromatic rings. The van der Waals surface area contributed by atoms with Crippen LogP contribution in [0.2, 0.25) is 0 Å². The van der Waals surface area contributed by atoms with Crippen LogP contribution in [0.25, 0.3) is 0 Å². The number of imide groups is 1. The van der Waals surface area contributed by atoms with Crippen LogP contribution in [0.3, 0.4) is 0 Å². The predicted molar refractivity (Wildman–Crippen MR) is 79.6 cm³/mol. The third kappa shape index (κ3) is 2.29. The summed E-state index contributed by atoms with van der Waals surface area (Å²) in [7, 11) is 0. The molecular weight excluding hydrogens is 394 g/mol. The quantitative estimate of drug-likeness (QED) is 0.768. The minimum absolute atomic E-state index is 0.0897. The van der Waals surface area contributed by atoms with Crippen molar-refractivity contribution in [3.8, 4) is 0 Å². The number of benzene rings is 1. The second-order valence-corrected chi connectivity index (χ2v) is 6.45. The van der Waals surface area contributed by atoms with Gasteiger partial charge in [-0.1, -0.05) is 29.8 Å². The van der Waals surface area contributed by atoms with Gasteiger partial charge in [0.2, 0.25) is 11.8 Å². The van der Waals surface area contributed by atoms with Crippen LogP contribution >= 0.6 is 31.9 Å². The first-order valence-electron chi connectivity index (χ1n) is 5.85. The average Bonchev–Trinajstić information content (AvgIpc) is 2.54. The van der Waals surface area contributed by atoms with Gasteiger partial charge < -0.3 is 5.11 Å². The number of carbonyl (C=O) groups is 3. The van der Waals surface area contributed by atoms with E-state index < -0.39 is 17.8 Å². The van der Waals surface area contributed by atoms with Crippen LogP contribution in [0.15, 0.2) is 21.1 Å². The number of hydrogen-bond donors (Lipinski definition) is 1. The van der Waals surface area contributed by atoms with Crippen molar-refractivity contribution in [3.63, 3.8) is 0 Å². The molecule has 1 heterocycles. The number of rotatable bonds is 2. The molecule has 2 atom stereocenters. The summed E-state index contributed by atoms with van der Waals surface area (Å²) in [6.45, 7) is 3.33. The number of hydrogen-bond acceptors (Lipinski definition) is 3. The summed E-state index contributed by atoms with van der Waals surface area (Å²) in [6, 6.07) is 2.98. The Kier molecular flexibility index (Phi) is 4.02. The second kappa shape index (κ2) is 5.29. The molecule has 1 aromatic carbocycles. The molecule has 1 aliphatic rings. The fourth-order valence-corrected chi connectivity index (χ4v) is 3.52. The number of carbonyl (C=O) groups excluding carboxylic acids is 2. The van der Waals surface area contributed by atoms with Gasteiger partial charge in [-0.3, -0.25) is 9.59 Å². The van der Waals surface area contributed by atoms with Crippen LogP contribution < -0.4 is 4.90 Å². The number of carboxylic acids is 1. The van der Waals surface area contributed by atoms with E-state index in [9.17, 15) is 19.5 Å². The molecule has 1 N–H and O–H groups in total. The van der Waals surface area contributed by atoms with Crippen LogP contribution in [0, 0.1) is 11.8 Å². The number of carboxylic acid groups (broad SMARTS) is 1. The number of halogens is 2. The van der Waals surface area contributed by atoms with Crippen LogP contribution in [0.4, 0.5) is 5.69 Å². The summed E-state index contributed by atoms with van der Waals surface area (Å²) < 4.78 is 0.929. The molecule has 2 rings (SSSR count). The van der Waals surface area contributed by atoms with Crippen molar-refractivity contribution < 1.29 is 19.5 Å². The van der Waals surface area contributed by atoms with Gasteiger partial charge >= 0.3 is 5.97 Å². The maximum absolute atomic E-state index is 12.2. The van der Waals surface area contributed by atoms with Crippen LogP contribution in [-0.2, 0) is 9.59 Å². The highest BCUT2D eigenvalue weighted by Crippen LogP contribution is 2.39. The van der Waals surface area contributed by atoms with E-state index in [2.05, 4.69) is 31.9 Å². The lowest BCUT2D eigenvalue weighted by atomic mass is 10.00. The fraction of sp³-hybridized carbons (Fsp3) is 0.308. The molecule has 0 bridgehead atoms. The molecule has 0 aliphatic carbocycles. The molecule has 20 heavy (non-hydrogen) atoms. The number of nitrogens with zero attached hydrogens (tertiary/aromatic N) is 1. The summed E-state index contributed by atoms with van der Waals surface area (Å²) in [4.78, 5) is 36.8. The van der Waals surface area contributed by atoms with Crippen molar-refractivity contribution in [1.29, 1.82) is 0 Å². The Morgan fingerprint density at radius 3 is 2.10 bits per heavy atom. The maximum Gasteiger partial charge on any atom is 0.337 e. The van der Waals surface area contributed by atoms with Crippen LogP contribution in [-0.4, -0.2) is 22.9 Å². The molecule has 7 heteroatoms. The second-order valence-electron chi connectivity index (χ2n) is 4.68. The largest absolute Gasteiger partial charge is 0.478 e. The highest BCUT2D eigenvalue weighted by molar-refractivity contribution is 9.11. The molecule has 0 saturated carbocycles. The minimum Gasteiger partial charge on any atom is -0.478 e. The van der Waals surface area contributed by atoms with Crippen LogP contribution in [0.1, 0.15) is 24.2 Å². The Morgan fingerprint density at radius 2 is 1.65 bits per heavy atom. The molecular formula is C13H11Br2NO4. The normalized spacial score (nSPS) is 22.5. The zero-order valence-electron chi connectivity index (χ0n) is 10.7. The lowest BCUT2D eigenvalue weighted by molar-refractivity contribution is -0.122. The van der Waals surface area contributed by atoms with Crippen molar-refractivity contribution in [3.05, 3.63) is 26.6 Å². The fourth-order valence-electron chi connectivity index (χ4n) is 2.12. The first-order valence-corrected chi connectivity index (χ1v) is 7.44. The van der Waals surface area contributed by atoms with Crippen molar-refractivity contribution in [1.82, 2.24) is 0 Å². The molecule has 1 saturated heterocycles. The van der Waals surface area contributed by atoms with E-state index in [-0.39, 0.29) is 23.1 Å². The van der Waals surface area contributed by atoms with Gasteiger partial charge in [-0.05, 0) is 28.1 Å². The van der Waals surface area contributed by atoms with Crippen molar-refractivity contribution in [2.75, 3.05) is 4.90 Å². The van der Waals surface area contributed by atoms with E-state index in [0.717, 1.165) is 4.90 Å². The lowest BCUT2D eigenvalue weighted by Crippen LogP contribution is -2.32. The Labute approximate surface area is 132 Å². The zero-order valence-corrected chi connectivity index (χ0v) is 13.9. The number of aromatic carboxylic acids is 1. The molecule has 106 valence electrons. The van der Waals surface area contributed by atoms with E-state index in [1.807, 2.05) is 0 Å². The Hall–Kier alpha value is -1.21. The van der Waals surface area contributed by atoms with E-state index in [0.29, 0.717) is 8.95 Å². The van der Waals surface area contributed by atoms with Gasteiger partial charge in [-0.15, -0.1) is 0 Å². The highest BCUT2D eigenvalue weighted by atomic mass is 79.9. The van der Waals surface area contributed by atoms with Gasteiger partial charge in [0, 0.05) is 20.8 Å². The average molecular weight is 405 g/mol. The number of anilines is 1. The molecule has 0 spiro atoms. The predicted octanol–water partition coefficient (Wildman–Crippen LogP) is 3.06. The zero-order chi connectivity index (χ0) is 15.2. The van der Waals surface area contributed by atoms with Gasteiger partial charge in [0.1, 0.15) is 0 Å². The molecule has 0 radical (unpaired) electrons. The van der Waals surface area contributed by atoms with Gasteiger partial charge in [0.25, 0.3) is 0 Å². The van der Waals surface area contributed by atoms with E-state index in [1.165, 1.54) is 6.07 Å². The summed E-state index contributed by atoms with van der Waals surface area (Å²) in [5, 5.41) is 9.29. The Morgan fingerprint density at radius 1 is 1.15 bits per heavy atom. The summed E-state index contributed by atoms with van der Waals surface area (Å²) >= 11 is 6.43. The molecule has 0 aromatic heterocycles.